The van der Waals surface area contributed by atoms with E-state index in [4.69, 9.17) is 9.97 Å². The van der Waals surface area contributed by atoms with Crippen LogP contribution < -0.4 is 10.6 Å². The summed E-state index contributed by atoms with van der Waals surface area (Å²) in [4.78, 5) is 16.7. The lowest BCUT2D eigenvalue weighted by atomic mass is 9.93. The predicted molar refractivity (Wildman–Crippen MR) is 130 cm³/mol. The smallest absolute Gasteiger partial charge is 0.224 e. The standard InChI is InChI=1S/C25H38N6O/c1-3-4-13-26-25-28-17-22(24(30-25)29-20-8-10-21(32)11-9-20)23-12-7-19(16-27-23)18(2)31-14-5-6-15-31/h7,12,16-18,20-21,32H,3-6,8-11,13-15H2,1-2H3,(H2,26,28,29,30). The second-order valence-electron chi connectivity index (χ2n) is 9.28. The molecule has 1 saturated carbocycles. The van der Waals surface area contributed by atoms with Gasteiger partial charge < -0.3 is 15.7 Å². The number of hydrogen-bond donors (Lipinski definition) is 3. The van der Waals surface area contributed by atoms with E-state index in [1.54, 1.807) is 0 Å². The molecule has 2 aromatic heterocycles. The van der Waals surface area contributed by atoms with Gasteiger partial charge in [0.05, 0.1) is 17.4 Å². The van der Waals surface area contributed by atoms with Crippen molar-refractivity contribution in [3.05, 3.63) is 30.1 Å². The van der Waals surface area contributed by atoms with Crippen LogP contribution in [0.3, 0.4) is 0 Å². The van der Waals surface area contributed by atoms with E-state index in [0.29, 0.717) is 18.0 Å². The number of unbranched alkanes of at least 4 members (excludes halogenated alkanes) is 1. The minimum atomic E-state index is -0.170. The maximum Gasteiger partial charge on any atom is 0.224 e. The fraction of sp³-hybridized carbons (Fsp3) is 0.640. The number of rotatable bonds is 9. The third-order valence-corrected chi connectivity index (χ3v) is 6.87. The molecular formula is C25H38N6O. The van der Waals surface area contributed by atoms with Gasteiger partial charge in [0.2, 0.25) is 5.95 Å². The molecule has 174 valence electrons. The first-order valence-electron chi connectivity index (χ1n) is 12.4. The predicted octanol–water partition coefficient (Wildman–Crippen LogP) is 4.62. The van der Waals surface area contributed by atoms with Crippen molar-refractivity contribution < 1.29 is 5.11 Å². The second-order valence-corrected chi connectivity index (χ2v) is 9.28. The first-order chi connectivity index (χ1) is 15.6. The lowest BCUT2D eigenvalue weighted by Crippen LogP contribution is -2.29. The van der Waals surface area contributed by atoms with E-state index < -0.39 is 0 Å². The van der Waals surface area contributed by atoms with Crippen LogP contribution >= 0.6 is 0 Å². The van der Waals surface area contributed by atoms with Crippen molar-refractivity contribution in [3.8, 4) is 11.3 Å². The molecule has 2 aliphatic rings. The van der Waals surface area contributed by atoms with Gasteiger partial charge in [-0.2, -0.15) is 4.98 Å². The Kier molecular flexibility index (Phi) is 7.92. The number of nitrogens with zero attached hydrogens (tertiary/aromatic N) is 4. The Morgan fingerprint density at radius 2 is 1.88 bits per heavy atom. The Labute approximate surface area is 192 Å². The van der Waals surface area contributed by atoms with Crippen LogP contribution in [0.25, 0.3) is 11.3 Å². The Hall–Kier alpha value is -2.25. The quantitative estimate of drug-likeness (QED) is 0.492. The van der Waals surface area contributed by atoms with Gasteiger partial charge in [0.15, 0.2) is 0 Å². The normalized spacial score (nSPS) is 22.6. The van der Waals surface area contributed by atoms with E-state index in [0.717, 1.165) is 62.1 Å². The monoisotopic (exact) mass is 438 g/mol. The SMILES string of the molecule is CCCCNc1ncc(-c2ccc(C(C)N3CCCC3)cn2)c(NC2CCC(O)CC2)n1. The Morgan fingerprint density at radius 1 is 1.09 bits per heavy atom. The van der Waals surface area contributed by atoms with Gasteiger partial charge in [-0.3, -0.25) is 9.88 Å². The molecule has 0 amide bonds. The first kappa shape index (κ1) is 22.9. The van der Waals surface area contributed by atoms with E-state index in [2.05, 4.69) is 46.5 Å². The summed E-state index contributed by atoms with van der Waals surface area (Å²) in [5, 5.41) is 16.8. The molecule has 1 aliphatic carbocycles. The molecule has 3 heterocycles. The minimum Gasteiger partial charge on any atom is -0.393 e. The number of anilines is 2. The van der Waals surface area contributed by atoms with Gasteiger partial charge in [-0.05, 0) is 76.6 Å². The van der Waals surface area contributed by atoms with E-state index in [1.165, 1.54) is 31.5 Å². The highest BCUT2D eigenvalue weighted by atomic mass is 16.3. The van der Waals surface area contributed by atoms with Gasteiger partial charge in [0, 0.05) is 31.0 Å². The van der Waals surface area contributed by atoms with Gasteiger partial charge in [-0.25, -0.2) is 4.98 Å². The molecule has 3 N–H and O–H groups in total. The fourth-order valence-corrected chi connectivity index (χ4v) is 4.71. The van der Waals surface area contributed by atoms with Crippen LogP contribution in [-0.2, 0) is 0 Å². The maximum absolute atomic E-state index is 9.86. The zero-order valence-electron chi connectivity index (χ0n) is 19.6. The van der Waals surface area contributed by atoms with Crippen LogP contribution in [0.2, 0.25) is 0 Å². The van der Waals surface area contributed by atoms with Crippen molar-refractivity contribution >= 4 is 11.8 Å². The number of hydrogen-bond acceptors (Lipinski definition) is 7. The van der Waals surface area contributed by atoms with Crippen molar-refractivity contribution in [2.24, 2.45) is 0 Å². The molecule has 32 heavy (non-hydrogen) atoms. The average molecular weight is 439 g/mol. The van der Waals surface area contributed by atoms with E-state index >= 15 is 0 Å². The Bertz CT molecular complexity index is 844. The summed E-state index contributed by atoms with van der Waals surface area (Å²) in [5.74, 6) is 1.48. The first-order valence-corrected chi connectivity index (χ1v) is 12.4. The molecule has 1 atom stereocenters. The highest BCUT2D eigenvalue weighted by Gasteiger charge is 2.22. The molecule has 1 saturated heterocycles. The lowest BCUT2D eigenvalue weighted by molar-refractivity contribution is 0.126. The summed E-state index contributed by atoms with van der Waals surface area (Å²) in [5.41, 5.74) is 3.07. The van der Waals surface area contributed by atoms with E-state index in [9.17, 15) is 5.11 Å². The lowest BCUT2D eigenvalue weighted by Gasteiger charge is -2.27. The summed E-state index contributed by atoms with van der Waals surface area (Å²) in [6.07, 6.45) is 12.1. The zero-order valence-corrected chi connectivity index (χ0v) is 19.6. The maximum atomic E-state index is 9.86. The van der Waals surface area contributed by atoms with Gasteiger partial charge in [0.25, 0.3) is 0 Å². The minimum absolute atomic E-state index is 0.170. The summed E-state index contributed by atoms with van der Waals surface area (Å²) < 4.78 is 0. The second kappa shape index (κ2) is 11.1. The van der Waals surface area contributed by atoms with Crippen molar-refractivity contribution in [1.29, 1.82) is 0 Å². The Morgan fingerprint density at radius 3 is 2.56 bits per heavy atom. The molecule has 0 bridgehead atoms. The van der Waals surface area contributed by atoms with Crippen molar-refractivity contribution in [1.82, 2.24) is 19.9 Å². The molecule has 0 spiro atoms. The van der Waals surface area contributed by atoms with Gasteiger partial charge in [-0.1, -0.05) is 19.4 Å². The molecule has 4 rings (SSSR count). The highest BCUT2D eigenvalue weighted by molar-refractivity contribution is 5.73. The molecule has 2 aromatic rings. The molecule has 1 aliphatic heterocycles. The molecule has 2 fully saturated rings. The molecule has 1 unspecified atom stereocenters. The topological polar surface area (TPSA) is 86.2 Å². The van der Waals surface area contributed by atoms with E-state index in [-0.39, 0.29) is 6.10 Å². The number of likely N-dealkylation sites (tertiary alicyclic amines) is 1. The number of aliphatic hydroxyl groups excluding tert-OH is 1. The van der Waals surface area contributed by atoms with Crippen LogP contribution in [0.1, 0.15) is 76.8 Å². The van der Waals surface area contributed by atoms with Crippen LogP contribution in [0, 0.1) is 0 Å². The molecule has 0 radical (unpaired) electrons. The van der Waals surface area contributed by atoms with Crippen LogP contribution in [0.4, 0.5) is 11.8 Å². The van der Waals surface area contributed by atoms with Crippen LogP contribution in [0.15, 0.2) is 24.5 Å². The highest BCUT2D eigenvalue weighted by Crippen LogP contribution is 2.30. The average Bonchev–Trinajstić information content (AvgIpc) is 3.36. The van der Waals surface area contributed by atoms with E-state index in [1.807, 2.05) is 12.4 Å². The summed E-state index contributed by atoms with van der Waals surface area (Å²) in [7, 11) is 0. The number of pyridine rings is 1. The van der Waals surface area contributed by atoms with Crippen LogP contribution in [0.5, 0.6) is 0 Å². The van der Waals surface area contributed by atoms with Crippen LogP contribution in [-0.4, -0.2) is 56.7 Å². The zero-order chi connectivity index (χ0) is 22.3. The number of nitrogens with one attached hydrogen (secondary N) is 2. The van der Waals surface area contributed by atoms with Crippen molar-refractivity contribution in [2.75, 3.05) is 30.3 Å². The van der Waals surface area contributed by atoms with Crippen molar-refractivity contribution in [3.63, 3.8) is 0 Å². The summed E-state index contributed by atoms with van der Waals surface area (Å²) >= 11 is 0. The third kappa shape index (κ3) is 5.75. The Balaban J connectivity index is 1.54. The summed E-state index contributed by atoms with van der Waals surface area (Å²) in [6, 6.07) is 5.00. The van der Waals surface area contributed by atoms with Crippen molar-refractivity contribution in [2.45, 2.75) is 83.4 Å². The number of aliphatic hydroxyl groups is 1. The van der Waals surface area contributed by atoms with Gasteiger partial charge in [0.1, 0.15) is 5.82 Å². The molecule has 7 nitrogen and oxygen atoms in total. The molecule has 7 heteroatoms. The fourth-order valence-electron chi connectivity index (χ4n) is 4.71. The molecular weight excluding hydrogens is 400 g/mol. The van der Waals surface area contributed by atoms with Gasteiger partial charge in [-0.15, -0.1) is 0 Å². The molecule has 0 aromatic carbocycles. The largest absolute Gasteiger partial charge is 0.393 e. The number of aromatic nitrogens is 3. The van der Waals surface area contributed by atoms with Gasteiger partial charge >= 0.3 is 0 Å². The summed E-state index contributed by atoms with van der Waals surface area (Å²) in [6.45, 7) is 7.66. The third-order valence-electron chi connectivity index (χ3n) is 6.87.